The van der Waals surface area contributed by atoms with Gasteiger partial charge in [0.05, 0.1) is 5.75 Å². The van der Waals surface area contributed by atoms with Crippen molar-refractivity contribution < 1.29 is 4.79 Å². The van der Waals surface area contributed by atoms with Gasteiger partial charge in [-0.1, -0.05) is 42.4 Å². The lowest BCUT2D eigenvalue weighted by Gasteiger charge is -2.18. The molecular formula is C18H24N4OS. The molecule has 0 unspecified atom stereocenters. The first-order chi connectivity index (χ1) is 11.6. The largest absolute Gasteiger partial charge is 0.341 e. The summed E-state index contributed by atoms with van der Waals surface area (Å²) in [5.74, 6) is 1.59. The van der Waals surface area contributed by atoms with Gasteiger partial charge in [-0.3, -0.25) is 4.79 Å². The Bertz CT molecular complexity index is 713. The summed E-state index contributed by atoms with van der Waals surface area (Å²) in [6.07, 6.45) is 4.58. The molecule has 0 saturated heterocycles. The minimum absolute atomic E-state index is 0.120. The summed E-state index contributed by atoms with van der Waals surface area (Å²) in [5.41, 5.74) is 2.40. The van der Waals surface area contributed by atoms with Crippen molar-refractivity contribution in [1.29, 1.82) is 0 Å². The Balaban J connectivity index is 1.57. The lowest BCUT2D eigenvalue weighted by atomic mass is 10.1. The molecule has 1 aromatic heterocycles. The molecule has 2 aromatic rings. The van der Waals surface area contributed by atoms with Crippen LogP contribution in [0.3, 0.4) is 0 Å². The number of fused-ring (bicyclic) bond motifs is 1. The maximum Gasteiger partial charge on any atom is 0.233 e. The fraction of sp³-hybridized carbons (Fsp3) is 0.500. The van der Waals surface area contributed by atoms with Crippen LogP contribution in [-0.2, 0) is 24.3 Å². The zero-order valence-electron chi connectivity index (χ0n) is 14.4. The Morgan fingerprint density at radius 2 is 2.08 bits per heavy atom. The van der Waals surface area contributed by atoms with Gasteiger partial charge in [0.25, 0.3) is 0 Å². The molecule has 0 bridgehead atoms. The molecule has 1 aliphatic heterocycles. The molecule has 0 aliphatic carbocycles. The molecule has 6 heteroatoms. The number of aryl methyl sites for hydroxylation is 2. The van der Waals surface area contributed by atoms with Gasteiger partial charge in [0.2, 0.25) is 5.91 Å². The van der Waals surface area contributed by atoms with Crippen LogP contribution in [0.5, 0.6) is 0 Å². The number of rotatable bonds is 5. The van der Waals surface area contributed by atoms with Crippen LogP contribution in [0, 0.1) is 6.92 Å². The summed E-state index contributed by atoms with van der Waals surface area (Å²) in [4.78, 5) is 14.2. The van der Waals surface area contributed by atoms with Crippen molar-refractivity contribution in [3.8, 4) is 0 Å². The van der Waals surface area contributed by atoms with E-state index in [9.17, 15) is 4.79 Å². The second kappa shape index (κ2) is 7.83. The topological polar surface area (TPSA) is 51.0 Å². The summed E-state index contributed by atoms with van der Waals surface area (Å²) in [5, 5.41) is 9.44. The molecule has 0 N–H and O–H groups in total. The van der Waals surface area contributed by atoms with Gasteiger partial charge in [-0.2, -0.15) is 0 Å². The van der Waals surface area contributed by atoms with Gasteiger partial charge in [0.15, 0.2) is 5.16 Å². The Kier molecular flexibility index (Phi) is 5.56. The van der Waals surface area contributed by atoms with Gasteiger partial charge >= 0.3 is 0 Å². The van der Waals surface area contributed by atoms with Crippen molar-refractivity contribution in [3.63, 3.8) is 0 Å². The minimum atomic E-state index is 0.120. The van der Waals surface area contributed by atoms with Crippen molar-refractivity contribution in [1.82, 2.24) is 19.7 Å². The fourth-order valence-electron chi connectivity index (χ4n) is 2.93. The maximum absolute atomic E-state index is 12.4. The minimum Gasteiger partial charge on any atom is -0.341 e. The Labute approximate surface area is 147 Å². The van der Waals surface area contributed by atoms with Gasteiger partial charge in [-0.15, -0.1) is 10.2 Å². The number of amides is 1. The maximum atomic E-state index is 12.4. The molecule has 1 aliphatic rings. The predicted molar refractivity (Wildman–Crippen MR) is 96.0 cm³/mol. The van der Waals surface area contributed by atoms with Gasteiger partial charge in [0, 0.05) is 26.6 Å². The van der Waals surface area contributed by atoms with Crippen LogP contribution in [0.15, 0.2) is 29.4 Å². The second-order valence-electron chi connectivity index (χ2n) is 6.33. The van der Waals surface area contributed by atoms with Crippen LogP contribution >= 0.6 is 11.8 Å². The standard InChI is InChI=1S/C18H24N4OS/c1-14-8-5-6-9-15(14)12-21(2)17(23)13-24-18-20-19-16-10-4-3-7-11-22(16)18/h5-6,8-9H,3-4,7,10-13H2,1-2H3. The highest BCUT2D eigenvalue weighted by molar-refractivity contribution is 7.99. The molecule has 1 aromatic carbocycles. The number of hydrogen-bond donors (Lipinski definition) is 0. The highest BCUT2D eigenvalue weighted by Gasteiger charge is 2.17. The summed E-state index contributed by atoms with van der Waals surface area (Å²) < 4.78 is 2.19. The first kappa shape index (κ1) is 17.0. The summed E-state index contributed by atoms with van der Waals surface area (Å²) in [7, 11) is 1.86. The van der Waals surface area contributed by atoms with Crippen LogP contribution in [0.25, 0.3) is 0 Å². The lowest BCUT2D eigenvalue weighted by Crippen LogP contribution is -2.28. The number of nitrogens with zero attached hydrogens (tertiary/aromatic N) is 4. The van der Waals surface area contributed by atoms with E-state index in [1.807, 2.05) is 19.2 Å². The van der Waals surface area contributed by atoms with Crippen LogP contribution in [-0.4, -0.2) is 38.4 Å². The SMILES string of the molecule is Cc1ccccc1CN(C)C(=O)CSc1nnc2n1CCCCC2. The van der Waals surface area contributed by atoms with Crippen LogP contribution in [0.4, 0.5) is 0 Å². The van der Waals surface area contributed by atoms with Gasteiger partial charge in [-0.25, -0.2) is 0 Å². The summed E-state index contributed by atoms with van der Waals surface area (Å²) in [6, 6.07) is 8.19. The summed E-state index contributed by atoms with van der Waals surface area (Å²) in [6.45, 7) is 3.69. The second-order valence-corrected chi connectivity index (χ2v) is 7.27. The number of carbonyl (C=O) groups excluding carboxylic acids is 1. The average Bonchev–Trinajstić information content (AvgIpc) is 2.81. The predicted octanol–water partition coefficient (Wildman–Crippen LogP) is 3.06. The third kappa shape index (κ3) is 3.98. The number of hydrogen-bond acceptors (Lipinski definition) is 4. The van der Waals surface area contributed by atoms with Gasteiger partial charge < -0.3 is 9.47 Å². The number of benzene rings is 1. The molecule has 0 spiro atoms. The van der Waals surface area contributed by atoms with E-state index in [-0.39, 0.29) is 5.91 Å². The zero-order chi connectivity index (χ0) is 16.9. The first-order valence-corrected chi connectivity index (χ1v) is 9.47. The fourth-order valence-corrected chi connectivity index (χ4v) is 3.86. The Hall–Kier alpha value is -1.82. The summed E-state index contributed by atoms with van der Waals surface area (Å²) >= 11 is 1.50. The molecular weight excluding hydrogens is 320 g/mol. The molecule has 0 atom stereocenters. The van der Waals surface area contributed by atoms with E-state index in [0.717, 1.165) is 23.9 Å². The molecule has 128 valence electrons. The highest BCUT2D eigenvalue weighted by Crippen LogP contribution is 2.22. The monoisotopic (exact) mass is 344 g/mol. The number of thioether (sulfide) groups is 1. The number of carbonyl (C=O) groups is 1. The average molecular weight is 344 g/mol. The van der Waals surface area contributed by atoms with Crippen molar-refractivity contribution in [2.45, 2.75) is 50.9 Å². The molecule has 24 heavy (non-hydrogen) atoms. The molecule has 3 rings (SSSR count). The van der Waals surface area contributed by atoms with E-state index >= 15 is 0 Å². The molecule has 0 radical (unpaired) electrons. The molecule has 0 fully saturated rings. The Morgan fingerprint density at radius 1 is 1.25 bits per heavy atom. The van der Waals surface area contributed by atoms with Gasteiger partial charge in [-0.05, 0) is 30.9 Å². The van der Waals surface area contributed by atoms with Gasteiger partial charge in [0.1, 0.15) is 5.82 Å². The molecule has 1 amide bonds. The zero-order valence-corrected chi connectivity index (χ0v) is 15.2. The van der Waals surface area contributed by atoms with E-state index in [0.29, 0.717) is 12.3 Å². The first-order valence-electron chi connectivity index (χ1n) is 8.48. The normalized spacial score (nSPS) is 14.1. The lowest BCUT2D eigenvalue weighted by molar-refractivity contribution is -0.127. The van der Waals surface area contributed by atoms with E-state index in [2.05, 4.69) is 33.8 Å². The van der Waals surface area contributed by atoms with E-state index in [4.69, 9.17) is 0 Å². The smallest absolute Gasteiger partial charge is 0.233 e. The Morgan fingerprint density at radius 3 is 2.92 bits per heavy atom. The van der Waals surface area contributed by atoms with E-state index in [1.165, 1.54) is 42.2 Å². The third-order valence-electron chi connectivity index (χ3n) is 4.49. The van der Waals surface area contributed by atoms with Crippen molar-refractivity contribution >= 4 is 17.7 Å². The van der Waals surface area contributed by atoms with E-state index < -0.39 is 0 Å². The van der Waals surface area contributed by atoms with Crippen LogP contribution in [0.2, 0.25) is 0 Å². The third-order valence-corrected chi connectivity index (χ3v) is 5.45. The van der Waals surface area contributed by atoms with Crippen molar-refractivity contribution in [3.05, 3.63) is 41.2 Å². The van der Waals surface area contributed by atoms with Crippen molar-refractivity contribution in [2.24, 2.45) is 0 Å². The molecule has 2 heterocycles. The quantitative estimate of drug-likeness (QED) is 0.782. The van der Waals surface area contributed by atoms with Crippen LogP contribution < -0.4 is 0 Å². The molecule has 0 saturated carbocycles. The van der Waals surface area contributed by atoms with E-state index in [1.54, 1.807) is 4.90 Å². The number of aromatic nitrogens is 3. The van der Waals surface area contributed by atoms with Crippen molar-refractivity contribution in [2.75, 3.05) is 12.8 Å². The molecule has 5 nitrogen and oxygen atoms in total. The van der Waals surface area contributed by atoms with Crippen LogP contribution in [0.1, 0.15) is 36.2 Å². The highest BCUT2D eigenvalue weighted by atomic mass is 32.2.